The van der Waals surface area contributed by atoms with Crippen molar-refractivity contribution in [2.24, 2.45) is 0 Å². The molecule has 1 aromatic heterocycles. The fourth-order valence-corrected chi connectivity index (χ4v) is 1.44. The number of ether oxygens (including phenoxy) is 1. The number of para-hydroxylation sites is 1. The average molecular weight is 224 g/mol. The van der Waals surface area contributed by atoms with Gasteiger partial charge in [-0.1, -0.05) is 18.2 Å². The molecule has 0 spiro atoms. The molecular weight excluding hydrogens is 216 g/mol. The van der Waals surface area contributed by atoms with E-state index >= 15 is 0 Å². The first-order valence-corrected chi connectivity index (χ1v) is 4.92. The van der Waals surface area contributed by atoms with E-state index in [9.17, 15) is 0 Å². The minimum atomic E-state index is -0.0576. The SMILES string of the molecule is N#CC(C#N)=COCc1coc2ccccc12. The van der Waals surface area contributed by atoms with E-state index in [2.05, 4.69) is 0 Å². The van der Waals surface area contributed by atoms with Crippen LogP contribution >= 0.6 is 0 Å². The maximum Gasteiger partial charge on any atom is 0.164 e. The van der Waals surface area contributed by atoms with Crippen LogP contribution in [0.15, 0.2) is 46.8 Å². The second-order valence-corrected chi connectivity index (χ2v) is 3.32. The third-order valence-electron chi connectivity index (χ3n) is 2.24. The molecule has 0 radical (unpaired) electrons. The Bertz CT molecular complexity index is 625. The summed E-state index contributed by atoms with van der Waals surface area (Å²) in [7, 11) is 0. The Morgan fingerprint density at radius 2 is 2.06 bits per heavy atom. The van der Waals surface area contributed by atoms with Gasteiger partial charge in [0.1, 0.15) is 30.6 Å². The molecule has 0 unspecified atom stereocenters. The number of nitrogens with zero attached hydrogens (tertiary/aromatic N) is 2. The monoisotopic (exact) mass is 224 g/mol. The number of fused-ring (bicyclic) bond motifs is 1. The Morgan fingerprint density at radius 3 is 2.82 bits per heavy atom. The zero-order valence-electron chi connectivity index (χ0n) is 8.88. The van der Waals surface area contributed by atoms with Crippen molar-refractivity contribution in [3.8, 4) is 12.1 Å². The number of allylic oxidation sites excluding steroid dienone is 1. The predicted molar refractivity (Wildman–Crippen MR) is 60.3 cm³/mol. The topological polar surface area (TPSA) is 70.0 Å². The van der Waals surface area contributed by atoms with E-state index in [0.717, 1.165) is 22.8 Å². The first-order chi connectivity index (χ1) is 8.35. The van der Waals surface area contributed by atoms with Crippen molar-refractivity contribution < 1.29 is 9.15 Å². The normalized spacial score (nSPS) is 9.29. The molecule has 0 N–H and O–H groups in total. The van der Waals surface area contributed by atoms with Crippen LogP contribution in [0, 0.1) is 22.7 Å². The number of benzene rings is 1. The largest absolute Gasteiger partial charge is 0.494 e. The van der Waals surface area contributed by atoms with Gasteiger partial charge in [-0.2, -0.15) is 10.5 Å². The highest BCUT2D eigenvalue weighted by molar-refractivity contribution is 5.80. The first kappa shape index (κ1) is 10.8. The summed E-state index contributed by atoms with van der Waals surface area (Å²) in [5.74, 6) is 0. The molecule has 0 bridgehead atoms. The summed E-state index contributed by atoms with van der Waals surface area (Å²) in [6.07, 6.45) is 2.76. The second-order valence-electron chi connectivity index (χ2n) is 3.32. The van der Waals surface area contributed by atoms with Crippen molar-refractivity contribution in [3.05, 3.63) is 47.9 Å². The molecule has 0 aliphatic heterocycles. The Hall–Kier alpha value is -2.72. The van der Waals surface area contributed by atoms with Gasteiger partial charge < -0.3 is 9.15 Å². The lowest BCUT2D eigenvalue weighted by atomic mass is 10.2. The van der Waals surface area contributed by atoms with Gasteiger partial charge in [0.15, 0.2) is 5.57 Å². The molecule has 0 saturated heterocycles. The summed E-state index contributed by atoms with van der Waals surface area (Å²) >= 11 is 0. The zero-order valence-corrected chi connectivity index (χ0v) is 8.88. The van der Waals surface area contributed by atoms with Gasteiger partial charge >= 0.3 is 0 Å². The lowest BCUT2D eigenvalue weighted by Gasteiger charge is -1.97. The fourth-order valence-electron chi connectivity index (χ4n) is 1.44. The third-order valence-corrected chi connectivity index (χ3v) is 2.24. The molecular formula is C13H8N2O2. The Kier molecular flexibility index (Phi) is 3.09. The quantitative estimate of drug-likeness (QED) is 0.593. The van der Waals surface area contributed by atoms with Crippen LogP contribution in [0.25, 0.3) is 11.0 Å². The van der Waals surface area contributed by atoms with Crippen molar-refractivity contribution >= 4 is 11.0 Å². The van der Waals surface area contributed by atoms with E-state index in [1.54, 1.807) is 18.4 Å². The number of hydrogen-bond donors (Lipinski definition) is 0. The molecule has 2 aromatic rings. The van der Waals surface area contributed by atoms with Crippen LogP contribution in [0.5, 0.6) is 0 Å². The van der Waals surface area contributed by atoms with Crippen LogP contribution < -0.4 is 0 Å². The molecule has 1 aromatic carbocycles. The van der Waals surface area contributed by atoms with Crippen molar-refractivity contribution in [3.63, 3.8) is 0 Å². The van der Waals surface area contributed by atoms with Crippen LogP contribution in [0.2, 0.25) is 0 Å². The second kappa shape index (κ2) is 4.87. The number of hydrogen-bond acceptors (Lipinski definition) is 4. The molecule has 0 aliphatic carbocycles. The fraction of sp³-hybridized carbons (Fsp3) is 0.0769. The summed E-state index contributed by atoms with van der Waals surface area (Å²) in [4.78, 5) is 0. The van der Waals surface area contributed by atoms with E-state index < -0.39 is 0 Å². The minimum absolute atomic E-state index is 0.0576. The van der Waals surface area contributed by atoms with Gasteiger partial charge in [0.25, 0.3) is 0 Å². The Labute approximate surface area is 97.9 Å². The Balaban J connectivity index is 2.13. The van der Waals surface area contributed by atoms with Crippen molar-refractivity contribution in [1.82, 2.24) is 0 Å². The third kappa shape index (κ3) is 2.27. The predicted octanol–water partition coefficient (Wildman–Crippen LogP) is 2.88. The molecule has 2 rings (SSSR count). The van der Waals surface area contributed by atoms with Gasteiger partial charge in [0, 0.05) is 10.9 Å². The smallest absolute Gasteiger partial charge is 0.164 e. The summed E-state index contributed by atoms with van der Waals surface area (Å²) in [6.45, 7) is 0.268. The van der Waals surface area contributed by atoms with Crippen LogP contribution in [0.4, 0.5) is 0 Å². The molecule has 0 fully saturated rings. The highest BCUT2D eigenvalue weighted by Gasteiger charge is 2.04. The molecule has 1 heterocycles. The summed E-state index contributed by atoms with van der Waals surface area (Å²) < 4.78 is 10.5. The molecule has 4 nitrogen and oxygen atoms in total. The Morgan fingerprint density at radius 1 is 1.29 bits per heavy atom. The van der Waals surface area contributed by atoms with Gasteiger partial charge in [0.05, 0.1) is 6.26 Å². The van der Waals surface area contributed by atoms with Crippen LogP contribution in [-0.2, 0) is 11.3 Å². The number of nitriles is 2. The number of rotatable bonds is 3. The van der Waals surface area contributed by atoms with Gasteiger partial charge in [-0.3, -0.25) is 0 Å². The summed E-state index contributed by atoms with van der Waals surface area (Å²) in [5, 5.41) is 18.0. The molecule has 0 atom stereocenters. The number of furan rings is 1. The lowest BCUT2D eigenvalue weighted by molar-refractivity contribution is 0.235. The van der Waals surface area contributed by atoms with E-state index in [1.807, 2.05) is 24.3 Å². The van der Waals surface area contributed by atoms with Gasteiger partial charge in [-0.15, -0.1) is 0 Å². The molecule has 4 heteroatoms. The van der Waals surface area contributed by atoms with Crippen molar-refractivity contribution in [2.75, 3.05) is 0 Å². The van der Waals surface area contributed by atoms with Gasteiger partial charge in [0.2, 0.25) is 0 Å². The van der Waals surface area contributed by atoms with Gasteiger partial charge in [-0.25, -0.2) is 0 Å². The molecule has 0 aliphatic rings. The van der Waals surface area contributed by atoms with Crippen molar-refractivity contribution in [1.29, 1.82) is 10.5 Å². The average Bonchev–Trinajstić information content (AvgIpc) is 2.78. The van der Waals surface area contributed by atoms with Gasteiger partial charge in [-0.05, 0) is 6.07 Å². The highest BCUT2D eigenvalue weighted by Crippen LogP contribution is 2.21. The van der Waals surface area contributed by atoms with E-state index in [1.165, 1.54) is 0 Å². The molecule has 0 saturated carbocycles. The summed E-state index contributed by atoms with van der Waals surface area (Å²) in [6, 6.07) is 11.0. The van der Waals surface area contributed by atoms with Crippen LogP contribution in [-0.4, -0.2) is 0 Å². The first-order valence-electron chi connectivity index (χ1n) is 4.92. The van der Waals surface area contributed by atoms with Crippen molar-refractivity contribution in [2.45, 2.75) is 6.61 Å². The molecule has 17 heavy (non-hydrogen) atoms. The minimum Gasteiger partial charge on any atom is -0.494 e. The van der Waals surface area contributed by atoms with E-state index in [-0.39, 0.29) is 12.2 Å². The summed E-state index contributed by atoms with van der Waals surface area (Å²) in [5.41, 5.74) is 1.61. The van der Waals surface area contributed by atoms with E-state index in [4.69, 9.17) is 19.7 Å². The molecule has 82 valence electrons. The zero-order chi connectivity index (χ0) is 12.1. The maximum atomic E-state index is 8.52. The molecule has 0 amide bonds. The highest BCUT2D eigenvalue weighted by atomic mass is 16.5. The standard InChI is InChI=1S/C13H8N2O2/c14-5-10(6-15)7-16-8-11-9-17-13-4-2-1-3-12(11)13/h1-4,7,9H,8H2. The van der Waals surface area contributed by atoms with E-state index in [0.29, 0.717) is 0 Å². The maximum absolute atomic E-state index is 8.52. The van der Waals surface area contributed by atoms with Crippen LogP contribution in [0.1, 0.15) is 5.56 Å². The lowest BCUT2D eigenvalue weighted by Crippen LogP contribution is -1.85. The van der Waals surface area contributed by atoms with Crippen LogP contribution in [0.3, 0.4) is 0 Å².